The Balaban J connectivity index is 1.50. The summed E-state index contributed by atoms with van der Waals surface area (Å²) in [6.07, 6.45) is 1.43. The van der Waals surface area contributed by atoms with Crippen LogP contribution in [-0.2, 0) is 5.75 Å². The molecule has 3 rings (SSSR count). The molecule has 3 aromatic rings. The van der Waals surface area contributed by atoms with E-state index in [1.807, 2.05) is 6.07 Å². The Labute approximate surface area is 173 Å². The Morgan fingerprint density at radius 2 is 1.93 bits per heavy atom. The molecule has 0 bridgehead atoms. The fourth-order valence-corrected chi connectivity index (χ4v) is 4.77. The number of rotatable bonds is 8. The summed E-state index contributed by atoms with van der Waals surface area (Å²) in [7, 11) is 0. The summed E-state index contributed by atoms with van der Waals surface area (Å²) >= 11 is 6.93. The van der Waals surface area contributed by atoms with Crippen LogP contribution in [0.2, 0.25) is 0 Å². The van der Waals surface area contributed by atoms with Gasteiger partial charge in [0.2, 0.25) is 0 Å². The monoisotopic (exact) mass is 464 g/mol. The zero-order valence-corrected chi connectivity index (χ0v) is 17.5. The van der Waals surface area contributed by atoms with Crippen molar-refractivity contribution >= 4 is 56.5 Å². The Bertz CT molecular complexity index is 909. The van der Waals surface area contributed by atoms with Crippen LogP contribution in [0.15, 0.2) is 63.0 Å². The van der Waals surface area contributed by atoms with Gasteiger partial charge in [-0.05, 0) is 52.3 Å². The molecule has 2 heterocycles. The summed E-state index contributed by atoms with van der Waals surface area (Å²) in [5.74, 6) is 1.31. The van der Waals surface area contributed by atoms with E-state index in [4.69, 9.17) is 4.42 Å². The highest BCUT2D eigenvalue weighted by molar-refractivity contribution is 9.11. The highest BCUT2D eigenvalue weighted by atomic mass is 79.9. The average Bonchev–Trinajstić information content (AvgIpc) is 3.33. The second kappa shape index (κ2) is 9.77. The van der Waals surface area contributed by atoms with Crippen molar-refractivity contribution in [1.82, 2.24) is 5.32 Å². The molecule has 0 unspecified atom stereocenters. The van der Waals surface area contributed by atoms with Crippen LogP contribution in [0.5, 0.6) is 0 Å². The van der Waals surface area contributed by atoms with Crippen LogP contribution in [0.3, 0.4) is 0 Å². The molecule has 0 aliphatic rings. The molecule has 0 radical (unpaired) electrons. The zero-order chi connectivity index (χ0) is 19.1. The van der Waals surface area contributed by atoms with Gasteiger partial charge < -0.3 is 15.1 Å². The second-order valence-electron chi connectivity index (χ2n) is 5.49. The summed E-state index contributed by atoms with van der Waals surface area (Å²) in [5.41, 5.74) is 0.872. The molecule has 0 spiro atoms. The highest BCUT2D eigenvalue weighted by Crippen LogP contribution is 2.25. The molecule has 0 saturated carbocycles. The highest BCUT2D eigenvalue weighted by Gasteiger charge is 2.15. The second-order valence-corrected chi connectivity index (χ2v) is 9.14. The van der Waals surface area contributed by atoms with Crippen LogP contribution in [0.25, 0.3) is 0 Å². The molecule has 0 saturated heterocycles. The van der Waals surface area contributed by atoms with Crippen molar-refractivity contribution in [2.45, 2.75) is 5.75 Å². The molecule has 5 nitrogen and oxygen atoms in total. The minimum absolute atomic E-state index is 0.196. The first kappa shape index (κ1) is 19.7. The standard InChI is InChI=1S/C19H17BrN2O3S2/c20-17-8-7-13(27-17)12-26-11-9-21-18(23)14-4-1-2-5-15(14)22-19(24)16-6-3-10-25-16/h1-8,10H,9,11-12H2,(H,21,23)(H,22,24). The molecule has 2 N–H and O–H groups in total. The van der Waals surface area contributed by atoms with Crippen molar-refractivity contribution in [2.24, 2.45) is 0 Å². The summed E-state index contributed by atoms with van der Waals surface area (Å²) in [6, 6.07) is 14.3. The molecule has 2 aromatic heterocycles. The largest absolute Gasteiger partial charge is 0.459 e. The van der Waals surface area contributed by atoms with E-state index in [0.29, 0.717) is 17.8 Å². The van der Waals surface area contributed by atoms with E-state index in [2.05, 4.69) is 32.6 Å². The average molecular weight is 465 g/mol. The molecule has 27 heavy (non-hydrogen) atoms. The minimum Gasteiger partial charge on any atom is -0.459 e. The lowest BCUT2D eigenvalue weighted by Crippen LogP contribution is -2.27. The lowest BCUT2D eigenvalue weighted by atomic mass is 10.1. The summed E-state index contributed by atoms with van der Waals surface area (Å²) in [4.78, 5) is 25.9. The van der Waals surface area contributed by atoms with E-state index < -0.39 is 5.91 Å². The van der Waals surface area contributed by atoms with Crippen molar-refractivity contribution in [1.29, 1.82) is 0 Å². The predicted molar refractivity (Wildman–Crippen MR) is 114 cm³/mol. The number of halogens is 1. The van der Waals surface area contributed by atoms with Gasteiger partial charge >= 0.3 is 0 Å². The van der Waals surface area contributed by atoms with Crippen LogP contribution in [-0.4, -0.2) is 24.1 Å². The number of thioether (sulfide) groups is 1. The van der Waals surface area contributed by atoms with Crippen LogP contribution < -0.4 is 10.6 Å². The molecule has 0 aliphatic carbocycles. The molecule has 140 valence electrons. The smallest absolute Gasteiger partial charge is 0.291 e. The number of thiophene rings is 1. The number of para-hydroxylation sites is 1. The Kier molecular flexibility index (Phi) is 7.14. The maximum absolute atomic E-state index is 12.5. The topological polar surface area (TPSA) is 71.3 Å². The Morgan fingerprint density at radius 3 is 2.67 bits per heavy atom. The third kappa shape index (κ3) is 5.72. The molecular weight excluding hydrogens is 448 g/mol. The first-order valence-corrected chi connectivity index (χ1v) is 10.9. The van der Waals surface area contributed by atoms with Gasteiger partial charge in [-0.3, -0.25) is 9.59 Å². The van der Waals surface area contributed by atoms with Gasteiger partial charge in [-0.1, -0.05) is 12.1 Å². The number of carbonyl (C=O) groups is 2. The normalized spacial score (nSPS) is 10.6. The number of benzene rings is 1. The van der Waals surface area contributed by atoms with E-state index in [1.165, 1.54) is 11.1 Å². The van der Waals surface area contributed by atoms with Gasteiger partial charge in [0, 0.05) is 22.9 Å². The van der Waals surface area contributed by atoms with Gasteiger partial charge in [-0.25, -0.2) is 0 Å². The van der Waals surface area contributed by atoms with Gasteiger partial charge in [0.05, 0.1) is 21.3 Å². The van der Waals surface area contributed by atoms with Crippen molar-refractivity contribution < 1.29 is 14.0 Å². The maximum atomic E-state index is 12.5. The summed E-state index contributed by atoms with van der Waals surface area (Å²) < 4.78 is 6.20. The van der Waals surface area contributed by atoms with Crippen molar-refractivity contribution in [3.8, 4) is 0 Å². The molecule has 8 heteroatoms. The third-order valence-corrected chi connectivity index (χ3v) is 6.38. The molecule has 0 fully saturated rings. The van der Waals surface area contributed by atoms with Crippen LogP contribution in [0.4, 0.5) is 5.69 Å². The number of amides is 2. The van der Waals surface area contributed by atoms with Gasteiger partial charge in [0.25, 0.3) is 11.8 Å². The van der Waals surface area contributed by atoms with Gasteiger partial charge in [-0.2, -0.15) is 11.8 Å². The molecule has 1 aromatic carbocycles. The molecule has 0 atom stereocenters. The van der Waals surface area contributed by atoms with Crippen LogP contribution >= 0.6 is 39.0 Å². The van der Waals surface area contributed by atoms with E-state index in [9.17, 15) is 9.59 Å². The first-order valence-electron chi connectivity index (χ1n) is 8.17. The lowest BCUT2D eigenvalue weighted by Gasteiger charge is -2.10. The number of furan rings is 1. The van der Waals surface area contributed by atoms with Crippen molar-refractivity contribution in [2.75, 3.05) is 17.6 Å². The molecular formula is C19H17BrN2O3S2. The van der Waals surface area contributed by atoms with E-state index >= 15 is 0 Å². The maximum Gasteiger partial charge on any atom is 0.291 e. The SMILES string of the molecule is O=C(Nc1ccccc1C(=O)NCCSCc1ccc(Br)s1)c1ccco1. The van der Waals surface area contributed by atoms with Crippen LogP contribution in [0.1, 0.15) is 25.8 Å². The summed E-state index contributed by atoms with van der Waals surface area (Å²) in [5, 5.41) is 5.62. The third-order valence-electron chi connectivity index (χ3n) is 3.57. The van der Waals surface area contributed by atoms with Gasteiger partial charge in [-0.15, -0.1) is 11.3 Å². The van der Waals surface area contributed by atoms with E-state index in [-0.39, 0.29) is 11.7 Å². The lowest BCUT2D eigenvalue weighted by molar-refractivity contribution is 0.0957. The van der Waals surface area contributed by atoms with Gasteiger partial charge in [0.1, 0.15) is 0 Å². The number of carbonyl (C=O) groups excluding carboxylic acids is 2. The molecule has 0 aliphatic heterocycles. The fourth-order valence-electron chi connectivity index (χ4n) is 2.32. The number of hydrogen-bond acceptors (Lipinski definition) is 5. The predicted octanol–water partition coefficient (Wildman–Crippen LogP) is 5.02. The Hall–Kier alpha value is -2.03. The number of anilines is 1. The number of nitrogens with one attached hydrogen (secondary N) is 2. The van der Waals surface area contributed by atoms with Crippen molar-refractivity contribution in [3.63, 3.8) is 0 Å². The minimum atomic E-state index is -0.391. The van der Waals surface area contributed by atoms with Crippen LogP contribution in [0, 0.1) is 0 Å². The fraction of sp³-hybridized carbons (Fsp3) is 0.158. The van der Waals surface area contributed by atoms with E-state index in [1.54, 1.807) is 59.5 Å². The number of hydrogen-bond donors (Lipinski definition) is 2. The quantitative estimate of drug-likeness (QED) is 0.459. The van der Waals surface area contributed by atoms with Crippen molar-refractivity contribution in [3.05, 3.63) is 74.8 Å². The zero-order valence-electron chi connectivity index (χ0n) is 14.2. The van der Waals surface area contributed by atoms with E-state index in [0.717, 1.165) is 15.3 Å². The van der Waals surface area contributed by atoms with Gasteiger partial charge in [0.15, 0.2) is 5.76 Å². The Morgan fingerprint density at radius 1 is 1.07 bits per heavy atom. The summed E-state index contributed by atoms with van der Waals surface area (Å²) in [6.45, 7) is 0.552. The first-order chi connectivity index (χ1) is 13.1. The molecule has 2 amide bonds.